The van der Waals surface area contributed by atoms with Gasteiger partial charge in [-0.25, -0.2) is 5.01 Å². The van der Waals surface area contributed by atoms with Crippen molar-refractivity contribution in [1.29, 1.82) is 0 Å². The van der Waals surface area contributed by atoms with Crippen LogP contribution in [0, 0.1) is 5.92 Å². The van der Waals surface area contributed by atoms with Crippen molar-refractivity contribution in [1.82, 2.24) is 10.4 Å². The van der Waals surface area contributed by atoms with Crippen molar-refractivity contribution in [2.75, 3.05) is 5.32 Å². The molecule has 2 N–H and O–H groups in total. The summed E-state index contributed by atoms with van der Waals surface area (Å²) in [6.45, 7) is 3.93. The predicted octanol–water partition coefficient (Wildman–Crippen LogP) is 4.19. The Hall–Kier alpha value is -2.24. The van der Waals surface area contributed by atoms with Crippen LogP contribution >= 0.6 is 23.2 Å². The summed E-state index contributed by atoms with van der Waals surface area (Å²) in [5.41, 5.74) is 4.22. The molecule has 130 valence electrons. The van der Waals surface area contributed by atoms with Crippen LogP contribution in [0.15, 0.2) is 42.5 Å². The van der Waals surface area contributed by atoms with Crippen molar-refractivity contribution in [3.8, 4) is 0 Å². The summed E-state index contributed by atoms with van der Waals surface area (Å²) in [5.74, 6) is -0.626. The van der Waals surface area contributed by atoms with Crippen LogP contribution in [0.2, 0.25) is 10.0 Å². The highest BCUT2D eigenvalue weighted by Gasteiger charge is 2.35. The lowest BCUT2D eigenvalue weighted by Gasteiger charge is -2.39. The molecule has 0 bridgehead atoms. The first-order valence-corrected chi connectivity index (χ1v) is 8.58. The maximum atomic E-state index is 12.9. The van der Waals surface area contributed by atoms with E-state index in [-0.39, 0.29) is 23.9 Å². The molecule has 0 saturated carbocycles. The Balaban J connectivity index is 1.91. The monoisotopic (exact) mass is 377 g/mol. The standard InChI is InChI=1S/C18H17Cl2N3O2/c1-10(2)16-21-15-8-7-13(20)9-14(15)18(25)23(16)22-17(24)11-3-5-12(19)6-4-11/h3-10,16,21H,1-2H3,(H,22,24). The van der Waals surface area contributed by atoms with Crippen LogP contribution in [0.5, 0.6) is 0 Å². The molecule has 0 aromatic heterocycles. The Morgan fingerprint density at radius 2 is 1.76 bits per heavy atom. The number of carbonyl (C=O) groups excluding carboxylic acids is 2. The van der Waals surface area contributed by atoms with Crippen LogP contribution < -0.4 is 10.7 Å². The molecule has 1 heterocycles. The van der Waals surface area contributed by atoms with Crippen molar-refractivity contribution >= 4 is 40.7 Å². The number of hydrogen-bond acceptors (Lipinski definition) is 3. The number of rotatable bonds is 3. The van der Waals surface area contributed by atoms with E-state index in [0.29, 0.717) is 26.9 Å². The van der Waals surface area contributed by atoms with Crippen LogP contribution in [0.1, 0.15) is 34.6 Å². The van der Waals surface area contributed by atoms with E-state index >= 15 is 0 Å². The van der Waals surface area contributed by atoms with Crippen molar-refractivity contribution in [3.05, 3.63) is 63.6 Å². The summed E-state index contributed by atoms with van der Waals surface area (Å²) >= 11 is 11.9. The number of fused-ring (bicyclic) bond motifs is 1. The Kier molecular flexibility index (Phi) is 4.88. The second-order valence-corrected chi connectivity index (χ2v) is 7.02. The average molecular weight is 378 g/mol. The maximum absolute atomic E-state index is 12.9. The lowest BCUT2D eigenvalue weighted by molar-refractivity contribution is 0.0439. The molecule has 0 radical (unpaired) electrons. The molecule has 7 heteroatoms. The van der Waals surface area contributed by atoms with E-state index in [1.165, 1.54) is 5.01 Å². The first-order chi connectivity index (χ1) is 11.9. The summed E-state index contributed by atoms with van der Waals surface area (Å²) in [4.78, 5) is 25.4. The molecule has 5 nitrogen and oxygen atoms in total. The lowest BCUT2D eigenvalue weighted by atomic mass is 10.0. The Labute approximate surface area is 155 Å². The summed E-state index contributed by atoms with van der Waals surface area (Å²) in [6, 6.07) is 11.5. The van der Waals surface area contributed by atoms with Gasteiger partial charge in [0.25, 0.3) is 11.8 Å². The second kappa shape index (κ2) is 6.94. The number of benzene rings is 2. The van der Waals surface area contributed by atoms with Crippen molar-refractivity contribution in [2.24, 2.45) is 5.92 Å². The highest BCUT2D eigenvalue weighted by molar-refractivity contribution is 6.31. The minimum atomic E-state index is -0.386. The van der Waals surface area contributed by atoms with Gasteiger partial charge in [0.15, 0.2) is 0 Å². The quantitative estimate of drug-likeness (QED) is 0.842. The SMILES string of the molecule is CC(C)C1Nc2ccc(Cl)cc2C(=O)N1NC(=O)c1ccc(Cl)cc1. The number of halogens is 2. The Morgan fingerprint density at radius 3 is 2.40 bits per heavy atom. The molecule has 1 unspecified atom stereocenters. The normalized spacial score (nSPS) is 16.4. The highest BCUT2D eigenvalue weighted by Crippen LogP contribution is 2.29. The van der Waals surface area contributed by atoms with E-state index in [2.05, 4.69) is 10.7 Å². The van der Waals surface area contributed by atoms with E-state index in [1.54, 1.807) is 42.5 Å². The Morgan fingerprint density at radius 1 is 1.12 bits per heavy atom. The zero-order valence-corrected chi connectivity index (χ0v) is 15.2. The number of nitrogens with zero attached hydrogens (tertiary/aromatic N) is 1. The zero-order chi connectivity index (χ0) is 18.1. The summed E-state index contributed by atoms with van der Waals surface area (Å²) < 4.78 is 0. The summed E-state index contributed by atoms with van der Waals surface area (Å²) in [5, 5.41) is 5.60. The van der Waals surface area contributed by atoms with Gasteiger partial charge < -0.3 is 5.32 Å². The molecule has 2 amide bonds. The van der Waals surface area contributed by atoms with E-state index in [9.17, 15) is 9.59 Å². The second-order valence-electron chi connectivity index (χ2n) is 6.15. The van der Waals surface area contributed by atoms with Crippen molar-refractivity contribution in [3.63, 3.8) is 0 Å². The summed E-state index contributed by atoms with van der Waals surface area (Å²) in [6.07, 6.45) is -0.377. The third-order valence-corrected chi connectivity index (χ3v) is 4.46. The fraction of sp³-hybridized carbons (Fsp3) is 0.222. The third kappa shape index (κ3) is 3.57. The highest BCUT2D eigenvalue weighted by atomic mass is 35.5. The van der Waals surface area contributed by atoms with E-state index < -0.39 is 0 Å². The number of amides is 2. The molecule has 2 aromatic carbocycles. The van der Waals surface area contributed by atoms with Gasteiger partial charge in [-0.15, -0.1) is 0 Å². The van der Waals surface area contributed by atoms with Crippen LogP contribution in [0.4, 0.5) is 5.69 Å². The van der Waals surface area contributed by atoms with Gasteiger partial charge in [-0.05, 0) is 48.4 Å². The van der Waals surface area contributed by atoms with E-state index in [1.807, 2.05) is 13.8 Å². The lowest BCUT2D eigenvalue weighted by Crippen LogP contribution is -2.59. The largest absolute Gasteiger partial charge is 0.363 e. The molecule has 1 aliphatic heterocycles. The van der Waals surface area contributed by atoms with Gasteiger partial charge in [-0.2, -0.15) is 0 Å². The molecular formula is C18H17Cl2N3O2. The first-order valence-electron chi connectivity index (χ1n) is 7.83. The van der Waals surface area contributed by atoms with Gasteiger partial charge in [0.1, 0.15) is 6.17 Å². The molecule has 25 heavy (non-hydrogen) atoms. The fourth-order valence-corrected chi connectivity index (χ4v) is 2.96. The van der Waals surface area contributed by atoms with Crippen LogP contribution in [0.3, 0.4) is 0 Å². The molecule has 3 rings (SSSR count). The van der Waals surface area contributed by atoms with Crippen LogP contribution in [-0.2, 0) is 0 Å². The molecule has 1 aliphatic rings. The fourth-order valence-electron chi connectivity index (χ4n) is 2.66. The van der Waals surface area contributed by atoms with Crippen molar-refractivity contribution < 1.29 is 9.59 Å². The number of nitrogens with one attached hydrogen (secondary N) is 2. The number of anilines is 1. The first kappa shape index (κ1) is 17.6. The molecule has 0 aliphatic carbocycles. The average Bonchev–Trinajstić information content (AvgIpc) is 2.58. The van der Waals surface area contributed by atoms with Gasteiger partial charge in [0, 0.05) is 21.3 Å². The molecule has 0 saturated heterocycles. The molecule has 0 spiro atoms. The smallest absolute Gasteiger partial charge is 0.276 e. The molecular weight excluding hydrogens is 361 g/mol. The minimum absolute atomic E-state index is 0.0679. The molecule has 1 atom stereocenters. The third-order valence-electron chi connectivity index (χ3n) is 3.97. The zero-order valence-electron chi connectivity index (χ0n) is 13.7. The molecule has 2 aromatic rings. The number of hydrazine groups is 1. The van der Waals surface area contributed by atoms with Gasteiger partial charge in [0.2, 0.25) is 0 Å². The maximum Gasteiger partial charge on any atom is 0.276 e. The van der Waals surface area contributed by atoms with Crippen LogP contribution in [-0.4, -0.2) is 23.0 Å². The van der Waals surface area contributed by atoms with Gasteiger partial charge in [0.05, 0.1) is 5.56 Å². The minimum Gasteiger partial charge on any atom is -0.363 e. The van der Waals surface area contributed by atoms with Gasteiger partial charge >= 0.3 is 0 Å². The van der Waals surface area contributed by atoms with E-state index in [0.717, 1.165) is 0 Å². The van der Waals surface area contributed by atoms with Crippen molar-refractivity contribution in [2.45, 2.75) is 20.0 Å². The van der Waals surface area contributed by atoms with E-state index in [4.69, 9.17) is 23.2 Å². The van der Waals surface area contributed by atoms with Gasteiger partial charge in [-0.3, -0.25) is 15.0 Å². The predicted molar refractivity (Wildman–Crippen MR) is 98.8 cm³/mol. The number of carbonyl (C=O) groups is 2. The van der Waals surface area contributed by atoms with Gasteiger partial charge in [-0.1, -0.05) is 37.0 Å². The molecule has 0 fully saturated rings. The summed E-state index contributed by atoms with van der Waals surface area (Å²) in [7, 11) is 0. The van der Waals surface area contributed by atoms with Crippen LogP contribution in [0.25, 0.3) is 0 Å². The number of hydrogen-bond donors (Lipinski definition) is 2. The topological polar surface area (TPSA) is 61.4 Å². The Bertz CT molecular complexity index is 822.